The predicted molar refractivity (Wildman–Crippen MR) is 111 cm³/mol. The van der Waals surface area contributed by atoms with Gasteiger partial charge in [0.2, 0.25) is 17.7 Å². The van der Waals surface area contributed by atoms with Crippen LogP contribution in [0.25, 0.3) is 0 Å². The molecule has 0 saturated carbocycles. The van der Waals surface area contributed by atoms with Crippen LogP contribution in [0.2, 0.25) is 0 Å². The summed E-state index contributed by atoms with van der Waals surface area (Å²) in [6, 6.07) is 8.14. The fourth-order valence-electron chi connectivity index (χ4n) is 5.37. The molecule has 7 nitrogen and oxygen atoms in total. The van der Waals surface area contributed by atoms with Gasteiger partial charge in [0.15, 0.2) is 0 Å². The molecule has 7 heteroatoms. The van der Waals surface area contributed by atoms with Crippen molar-refractivity contribution < 1.29 is 14.4 Å². The number of anilines is 1. The summed E-state index contributed by atoms with van der Waals surface area (Å²) in [5.74, 6) is 0.164. The lowest BCUT2D eigenvalue weighted by atomic mass is 9.84. The number of carbonyl (C=O) groups is 3. The third kappa shape index (κ3) is 3.88. The van der Waals surface area contributed by atoms with Gasteiger partial charge in [-0.3, -0.25) is 19.3 Å². The molecule has 0 radical (unpaired) electrons. The first kappa shape index (κ1) is 19.9. The summed E-state index contributed by atoms with van der Waals surface area (Å²) in [7, 11) is 0. The van der Waals surface area contributed by atoms with Crippen molar-refractivity contribution in [2.24, 2.45) is 0 Å². The number of amides is 3. The molecule has 3 heterocycles. The van der Waals surface area contributed by atoms with Crippen LogP contribution in [0.15, 0.2) is 24.3 Å². The smallest absolute Gasteiger partial charge is 0.241 e. The summed E-state index contributed by atoms with van der Waals surface area (Å²) < 4.78 is 0. The van der Waals surface area contributed by atoms with Crippen LogP contribution in [0.1, 0.15) is 38.7 Å². The number of rotatable bonds is 3. The molecule has 4 rings (SSSR count). The van der Waals surface area contributed by atoms with Crippen molar-refractivity contribution in [3.05, 3.63) is 29.8 Å². The lowest BCUT2D eigenvalue weighted by Gasteiger charge is -2.44. The lowest BCUT2D eigenvalue weighted by Crippen LogP contribution is -2.54. The SMILES string of the molecule is CC(=O)N[C@@H]1CN(C(C)=O)C2(CCN(CC(=O)N3CCc4ccccc43)CC2)C1. The van der Waals surface area contributed by atoms with Crippen molar-refractivity contribution >= 4 is 23.4 Å². The van der Waals surface area contributed by atoms with E-state index in [1.54, 1.807) is 6.92 Å². The maximum Gasteiger partial charge on any atom is 0.241 e. The summed E-state index contributed by atoms with van der Waals surface area (Å²) in [5, 5.41) is 2.98. The van der Waals surface area contributed by atoms with Gasteiger partial charge < -0.3 is 15.1 Å². The molecule has 29 heavy (non-hydrogen) atoms. The zero-order valence-electron chi connectivity index (χ0n) is 17.3. The molecule has 2 saturated heterocycles. The van der Waals surface area contributed by atoms with Gasteiger partial charge in [-0.2, -0.15) is 0 Å². The topological polar surface area (TPSA) is 73.0 Å². The van der Waals surface area contributed by atoms with E-state index in [9.17, 15) is 14.4 Å². The number of para-hydroxylation sites is 1. The molecule has 1 spiro atoms. The van der Waals surface area contributed by atoms with Gasteiger partial charge >= 0.3 is 0 Å². The molecular formula is C22H30N4O3. The van der Waals surface area contributed by atoms with Crippen LogP contribution in [-0.4, -0.2) is 71.8 Å². The first-order valence-electron chi connectivity index (χ1n) is 10.5. The van der Waals surface area contributed by atoms with E-state index in [0.717, 1.165) is 51.0 Å². The van der Waals surface area contributed by atoms with Gasteiger partial charge in [-0.1, -0.05) is 18.2 Å². The van der Waals surface area contributed by atoms with Gasteiger partial charge in [-0.15, -0.1) is 0 Å². The van der Waals surface area contributed by atoms with Gasteiger partial charge in [0.1, 0.15) is 0 Å². The van der Waals surface area contributed by atoms with Crippen LogP contribution in [0.4, 0.5) is 5.69 Å². The second-order valence-electron chi connectivity index (χ2n) is 8.66. The van der Waals surface area contributed by atoms with Gasteiger partial charge in [-0.25, -0.2) is 0 Å². The van der Waals surface area contributed by atoms with Crippen molar-refractivity contribution in [1.82, 2.24) is 15.1 Å². The molecule has 3 aliphatic heterocycles. The summed E-state index contributed by atoms with van der Waals surface area (Å²) in [4.78, 5) is 42.7. The average Bonchev–Trinajstić information content (AvgIpc) is 3.25. The Morgan fingerprint density at radius 2 is 1.83 bits per heavy atom. The molecule has 3 aliphatic rings. The first-order valence-corrected chi connectivity index (χ1v) is 10.5. The lowest BCUT2D eigenvalue weighted by molar-refractivity contribution is -0.135. The van der Waals surface area contributed by atoms with E-state index in [0.29, 0.717) is 13.1 Å². The second kappa shape index (κ2) is 7.78. The Kier molecular flexibility index (Phi) is 5.34. The molecule has 2 fully saturated rings. The Hall–Kier alpha value is -2.41. The second-order valence-corrected chi connectivity index (χ2v) is 8.66. The van der Waals surface area contributed by atoms with Crippen LogP contribution in [0, 0.1) is 0 Å². The normalized spacial score (nSPS) is 23.3. The molecule has 0 bridgehead atoms. The number of benzene rings is 1. The Bertz CT molecular complexity index is 816. The zero-order valence-corrected chi connectivity index (χ0v) is 17.3. The van der Waals surface area contributed by atoms with Crippen LogP contribution >= 0.6 is 0 Å². The molecule has 0 aromatic heterocycles. The standard InChI is InChI=1S/C22H30N4O3/c1-16(27)23-19-13-22(26(14-19)17(2)28)8-11-24(12-9-22)15-21(29)25-10-7-18-5-3-4-6-20(18)25/h3-6,19H,7-15H2,1-2H3,(H,23,27)/t19-/m0/s1. The highest BCUT2D eigenvalue weighted by molar-refractivity contribution is 5.96. The van der Waals surface area contributed by atoms with E-state index >= 15 is 0 Å². The van der Waals surface area contributed by atoms with E-state index in [1.165, 1.54) is 12.5 Å². The van der Waals surface area contributed by atoms with E-state index in [-0.39, 0.29) is 29.3 Å². The number of likely N-dealkylation sites (tertiary alicyclic amines) is 2. The first-order chi connectivity index (χ1) is 13.9. The van der Waals surface area contributed by atoms with E-state index in [2.05, 4.69) is 16.3 Å². The monoisotopic (exact) mass is 398 g/mol. The molecule has 156 valence electrons. The Balaban J connectivity index is 1.37. The van der Waals surface area contributed by atoms with Crippen LogP contribution in [0.5, 0.6) is 0 Å². The Morgan fingerprint density at radius 1 is 1.10 bits per heavy atom. The minimum atomic E-state index is -0.196. The Labute approximate surface area is 172 Å². The fourth-order valence-corrected chi connectivity index (χ4v) is 5.37. The maximum atomic E-state index is 12.9. The summed E-state index contributed by atoms with van der Waals surface area (Å²) >= 11 is 0. The largest absolute Gasteiger partial charge is 0.352 e. The number of hydrogen-bond acceptors (Lipinski definition) is 4. The molecule has 1 atom stereocenters. The van der Waals surface area contributed by atoms with Crippen LogP contribution < -0.4 is 10.2 Å². The van der Waals surface area contributed by atoms with Crippen molar-refractivity contribution in [2.45, 2.75) is 51.1 Å². The van der Waals surface area contributed by atoms with Gasteiger partial charge in [-0.05, 0) is 37.3 Å². The molecule has 0 unspecified atom stereocenters. The number of hydrogen-bond donors (Lipinski definition) is 1. The number of piperidine rings is 1. The number of nitrogens with one attached hydrogen (secondary N) is 1. The van der Waals surface area contributed by atoms with Crippen molar-refractivity contribution in [2.75, 3.05) is 37.6 Å². The van der Waals surface area contributed by atoms with Crippen molar-refractivity contribution in [3.63, 3.8) is 0 Å². The number of nitrogens with zero attached hydrogens (tertiary/aromatic N) is 3. The van der Waals surface area contributed by atoms with E-state index < -0.39 is 0 Å². The van der Waals surface area contributed by atoms with Gasteiger partial charge in [0.25, 0.3) is 0 Å². The maximum absolute atomic E-state index is 12.9. The van der Waals surface area contributed by atoms with Gasteiger partial charge in [0, 0.05) is 57.3 Å². The highest BCUT2D eigenvalue weighted by atomic mass is 16.2. The molecule has 0 aliphatic carbocycles. The summed E-state index contributed by atoms with van der Waals surface area (Å²) in [6.07, 6.45) is 3.40. The molecular weight excluding hydrogens is 368 g/mol. The molecule has 1 aromatic carbocycles. The third-order valence-electron chi connectivity index (χ3n) is 6.72. The highest BCUT2D eigenvalue weighted by Gasteiger charge is 2.48. The summed E-state index contributed by atoms with van der Waals surface area (Å²) in [6.45, 7) is 6.46. The van der Waals surface area contributed by atoms with Crippen LogP contribution in [0.3, 0.4) is 0 Å². The van der Waals surface area contributed by atoms with Gasteiger partial charge in [0.05, 0.1) is 6.54 Å². The molecule has 3 amide bonds. The third-order valence-corrected chi connectivity index (χ3v) is 6.72. The molecule has 1 aromatic rings. The zero-order chi connectivity index (χ0) is 20.6. The minimum absolute atomic E-state index is 0.0192. The quantitative estimate of drug-likeness (QED) is 0.830. The molecule has 1 N–H and O–H groups in total. The Morgan fingerprint density at radius 3 is 2.52 bits per heavy atom. The van der Waals surface area contributed by atoms with E-state index in [4.69, 9.17) is 0 Å². The minimum Gasteiger partial charge on any atom is -0.352 e. The van der Waals surface area contributed by atoms with Crippen LogP contribution in [-0.2, 0) is 20.8 Å². The highest BCUT2D eigenvalue weighted by Crippen LogP contribution is 2.39. The van der Waals surface area contributed by atoms with E-state index in [1.807, 2.05) is 28.0 Å². The summed E-state index contributed by atoms with van der Waals surface area (Å²) in [5.41, 5.74) is 2.09. The fraction of sp³-hybridized carbons (Fsp3) is 0.591. The van der Waals surface area contributed by atoms with Crippen molar-refractivity contribution in [1.29, 1.82) is 0 Å². The number of carbonyl (C=O) groups excluding carboxylic acids is 3. The number of fused-ring (bicyclic) bond motifs is 1. The predicted octanol–water partition coefficient (Wildman–Crippen LogP) is 1.17. The van der Waals surface area contributed by atoms with Crippen molar-refractivity contribution in [3.8, 4) is 0 Å². The average molecular weight is 399 g/mol.